The summed E-state index contributed by atoms with van der Waals surface area (Å²) in [6.07, 6.45) is 5.33. The third-order valence-electron chi connectivity index (χ3n) is 7.12. The first-order chi connectivity index (χ1) is 18.9. The number of methoxy groups -OCH3 is 2. The second kappa shape index (κ2) is 11.8. The first-order valence-corrected chi connectivity index (χ1v) is 13.3. The highest BCUT2D eigenvalue weighted by Gasteiger charge is 2.24. The van der Waals surface area contributed by atoms with Gasteiger partial charge in [0.1, 0.15) is 29.1 Å². The van der Waals surface area contributed by atoms with E-state index in [1.165, 1.54) is 0 Å². The van der Waals surface area contributed by atoms with E-state index in [1.54, 1.807) is 26.6 Å². The number of nitrogens with zero attached hydrogens (tertiary/aromatic N) is 6. The first kappa shape index (κ1) is 26.6. The van der Waals surface area contributed by atoms with Gasteiger partial charge in [0.2, 0.25) is 5.91 Å². The van der Waals surface area contributed by atoms with Crippen molar-refractivity contribution in [1.82, 2.24) is 20.2 Å². The van der Waals surface area contributed by atoms with Gasteiger partial charge >= 0.3 is 0 Å². The van der Waals surface area contributed by atoms with E-state index in [9.17, 15) is 4.79 Å². The summed E-state index contributed by atoms with van der Waals surface area (Å²) >= 11 is 0. The zero-order valence-electron chi connectivity index (χ0n) is 22.9. The number of nitrogens with one attached hydrogen (secondary N) is 1. The summed E-state index contributed by atoms with van der Waals surface area (Å²) in [7, 11) is 5.33. The van der Waals surface area contributed by atoms with Crippen molar-refractivity contribution in [2.24, 2.45) is 15.9 Å². The van der Waals surface area contributed by atoms with Gasteiger partial charge < -0.3 is 24.6 Å². The van der Waals surface area contributed by atoms with Crippen LogP contribution in [0, 0.1) is 5.92 Å². The molecule has 2 aliphatic heterocycles. The minimum Gasteiger partial charge on any atom is -0.497 e. The van der Waals surface area contributed by atoms with Gasteiger partial charge in [-0.3, -0.25) is 19.8 Å². The highest BCUT2D eigenvalue weighted by molar-refractivity contribution is 6.38. The number of hydrogen-bond donors (Lipinski definition) is 1. The van der Waals surface area contributed by atoms with Crippen LogP contribution in [0.25, 0.3) is 11.0 Å². The van der Waals surface area contributed by atoms with Crippen LogP contribution in [0.4, 0.5) is 11.4 Å². The molecule has 1 amide bonds. The molecule has 2 unspecified atom stereocenters. The van der Waals surface area contributed by atoms with Crippen molar-refractivity contribution in [3.05, 3.63) is 48.3 Å². The van der Waals surface area contributed by atoms with E-state index in [1.807, 2.05) is 43.3 Å². The molecule has 1 aromatic heterocycles. The van der Waals surface area contributed by atoms with E-state index in [4.69, 9.17) is 14.5 Å². The van der Waals surface area contributed by atoms with Crippen molar-refractivity contribution in [3.8, 4) is 11.5 Å². The van der Waals surface area contributed by atoms with Crippen molar-refractivity contribution in [1.29, 1.82) is 0 Å². The lowest BCUT2D eigenvalue weighted by Crippen LogP contribution is -2.43. The van der Waals surface area contributed by atoms with Crippen molar-refractivity contribution in [2.75, 3.05) is 52.3 Å². The molecule has 2 aromatic carbocycles. The van der Waals surface area contributed by atoms with Gasteiger partial charge in [0.05, 0.1) is 43.6 Å². The van der Waals surface area contributed by atoms with Crippen LogP contribution in [0.2, 0.25) is 0 Å². The molecular formula is C29H35N7O3. The Balaban J connectivity index is 1.44. The number of carbonyl (C=O) groups is 1. The monoisotopic (exact) mass is 529 g/mol. The Bertz CT molecular complexity index is 1380. The number of ether oxygens (including phenoxy) is 2. The first-order valence-electron chi connectivity index (χ1n) is 13.3. The molecule has 10 nitrogen and oxygen atoms in total. The van der Waals surface area contributed by atoms with Gasteiger partial charge in [-0.1, -0.05) is 0 Å². The van der Waals surface area contributed by atoms with Gasteiger partial charge in [0.15, 0.2) is 0 Å². The maximum atomic E-state index is 12.9. The molecule has 2 atom stereocenters. The Morgan fingerprint density at radius 2 is 1.90 bits per heavy atom. The number of aliphatic imine (C=N–C) groups is 2. The second-order valence-corrected chi connectivity index (χ2v) is 9.97. The largest absolute Gasteiger partial charge is 0.497 e. The summed E-state index contributed by atoms with van der Waals surface area (Å²) in [6.45, 7) is 4.79. The minimum atomic E-state index is -0.105. The highest BCUT2D eigenvalue weighted by atomic mass is 16.5. The summed E-state index contributed by atoms with van der Waals surface area (Å²) < 4.78 is 11.1. The molecule has 1 fully saturated rings. The summed E-state index contributed by atoms with van der Waals surface area (Å²) in [6, 6.07) is 11.7. The van der Waals surface area contributed by atoms with Gasteiger partial charge in [-0.2, -0.15) is 0 Å². The van der Waals surface area contributed by atoms with Crippen LogP contribution in [0.1, 0.15) is 25.5 Å². The molecule has 0 saturated carbocycles. The predicted octanol–water partition coefficient (Wildman–Crippen LogP) is 3.46. The maximum absolute atomic E-state index is 12.9. The van der Waals surface area contributed by atoms with Gasteiger partial charge in [-0.05, 0) is 51.6 Å². The minimum absolute atomic E-state index is 0.0215. The number of piperidine rings is 1. The average Bonchev–Trinajstić information content (AvgIpc) is 3.40. The Kier molecular flexibility index (Phi) is 8.02. The Labute approximate surface area is 228 Å². The average molecular weight is 530 g/mol. The highest BCUT2D eigenvalue weighted by Crippen LogP contribution is 2.33. The van der Waals surface area contributed by atoms with E-state index in [0.29, 0.717) is 30.3 Å². The number of fused-ring (bicyclic) bond motifs is 1. The van der Waals surface area contributed by atoms with Crippen molar-refractivity contribution in [3.63, 3.8) is 0 Å². The fourth-order valence-corrected chi connectivity index (χ4v) is 5.04. The van der Waals surface area contributed by atoms with E-state index < -0.39 is 0 Å². The van der Waals surface area contributed by atoms with E-state index in [-0.39, 0.29) is 18.0 Å². The molecule has 0 radical (unpaired) electrons. The van der Waals surface area contributed by atoms with Crippen LogP contribution in [0.3, 0.4) is 0 Å². The summed E-state index contributed by atoms with van der Waals surface area (Å²) in [5.74, 6) is 1.48. The number of hydrogen-bond acceptors (Lipinski definition) is 9. The Morgan fingerprint density at radius 1 is 1.10 bits per heavy atom. The molecule has 39 heavy (non-hydrogen) atoms. The Hall–Kier alpha value is -4.05. The summed E-state index contributed by atoms with van der Waals surface area (Å²) in [5, 5.41) is 3.16. The standard InChI is InChI=1S/C29H35N7O3/c1-19-31-16-27(33-19)28-17-32-25-8-7-21(14-26(25)34-28)36(22-12-23(38-3)15-24(13-22)39-4)11-9-30-29(37)20-6-5-10-35(2)18-20/h7-8,12-17,19-20H,5-6,9-11,18H2,1-4H3,(H,30,37). The number of benzene rings is 2. The smallest absolute Gasteiger partial charge is 0.224 e. The van der Waals surface area contributed by atoms with Crippen LogP contribution in [0.15, 0.2) is 52.6 Å². The fourth-order valence-electron chi connectivity index (χ4n) is 5.04. The molecular weight excluding hydrogens is 494 g/mol. The van der Waals surface area contributed by atoms with E-state index >= 15 is 0 Å². The van der Waals surface area contributed by atoms with Crippen molar-refractivity contribution in [2.45, 2.75) is 25.9 Å². The van der Waals surface area contributed by atoms with Crippen molar-refractivity contribution >= 4 is 40.2 Å². The zero-order chi connectivity index (χ0) is 27.4. The maximum Gasteiger partial charge on any atom is 0.224 e. The van der Waals surface area contributed by atoms with Crippen LogP contribution in [0.5, 0.6) is 11.5 Å². The van der Waals surface area contributed by atoms with Gasteiger partial charge in [0.25, 0.3) is 0 Å². The number of likely N-dealkylation sites (tertiary alicyclic amines) is 1. The van der Waals surface area contributed by atoms with Gasteiger partial charge in [-0.15, -0.1) is 0 Å². The topological polar surface area (TPSA) is 105 Å². The number of rotatable bonds is 9. The molecule has 3 heterocycles. The van der Waals surface area contributed by atoms with Gasteiger partial charge in [-0.25, -0.2) is 4.98 Å². The van der Waals surface area contributed by atoms with Crippen LogP contribution in [-0.2, 0) is 4.79 Å². The van der Waals surface area contributed by atoms with E-state index in [0.717, 1.165) is 54.1 Å². The molecule has 1 N–H and O–H groups in total. The van der Waals surface area contributed by atoms with Crippen LogP contribution in [-0.4, -0.2) is 86.3 Å². The molecule has 1 saturated heterocycles. The molecule has 0 aliphatic carbocycles. The summed E-state index contributed by atoms with van der Waals surface area (Å²) in [4.78, 5) is 35.5. The lowest BCUT2D eigenvalue weighted by atomic mass is 9.98. The molecule has 0 spiro atoms. The number of carbonyl (C=O) groups excluding carboxylic acids is 1. The quantitative estimate of drug-likeness (QED) is 0.453. The zero-order valence-corrected chi connectivity index (χ0v) is 22.9. The third kappa shape index (κ3) is 6.17. The molecule has 204 valence electrons. The normalized spacial score (nSPS) is 19.1. The lowest BCUT2D eigenvalue weighted by Gasteiger charge is -2.30. The van der Waals surface area contributed by atoms with Crippen LogP contribution < -0.4 is 19.7 Å². The predicted molar refractivity (Wildman–Crippen MR) is 154 cm³/mol. The SMILES string of the molecule is COc1cc(OC)cc(N(CCNC(=O)C2CCCN(C)C2)c2ccc3ncc(C4=NC(C)N=C4)nc3c2)c1. The summed E-state index contributed by atoms with van der Waals surface area (Å²) in [5.41, 5.74) is 4.73. The molecule has 5 rings (SSSR count). The van der Waals surface area contributed by atoms with Gasteiger partial charge in [0, 0.05) is 49.2 Å². The number of anilines is 2. The molecule has 10 heteroatoms. The number of aromatic nitrogens is 2. The third-order valence-corrected chi connectivity index (χ3v) is 7.12. The number of amides is 1. The van der Waals surface area contributed by atoms with Crippen LogP contribution >= 0.6 is 0 Å². The van der Waals surface area contributed by atoms with E-state index in [2.05, 4.69) is 37.1 Å². The molecule has 2 aliphatic rings. The lowest BCUT2D eigenvalue weighted by molar-refractivity contribution is -0.126. The molecule has 3 aromatic rings. The molecule has 0 bridgehead atoms. The second-order valence-electron chi connectivity index (χ2n) is 9.97. The Morgan fingerprint density at radius 3 is 2.59 bits per heavy atom. The van der Waals surface area contributed by atoms with Crippen molar-refractivity contribution < 1.29 is 14.3 Å². The fraction of sp³-hybridized carbons (Fsp3) is 0.414.